The van der Waals surface area contributed by atoms with E-state index < -0.39 is 36.0 Å². The molecule has 0 spiro atoms. The standard InChI is InChI=1S/C28H40N4O6/c1-6-23(25(33)27(35)29-17-20-13-21(37-4)15-22(14-20)38-5)31-26(34)24(12-18(2)3)32-28(36)30-16-19-10-8-7-9-11-19/h7-11,13-15,18,23-25,33H,6,12,16-17H2,1-5H3,(H,29,35)(H,31,34)(H2,30,32,36)/t23?,24-,25?/m0/s1. The Bertz CT molecular complexity index is 1020. The number of amides is 4. The zero-order valence-corrected chi connectivity index (χ0v) is 22.7. The van der Waals surface area contributed by atoms with Crippen LogP contribution in [0.15, 0.2) is 48.5 Å². The van der Waals surface area contributed by atoms with Gasteiger partial charge in [-0.05, 0) is 42.0 Å². The number of ether oxygens (including phenoxy) is 2. The molecule has 2 aromatic carbocycles. The molecule has 10 heteroatoms. The van der Waals surface area contributed by atoms with E-state index in [0.717, 1.165) is 11.1 Å². The first-order valence-electron chi connectivity index (χ1n) is 12.7. The fourth-order valence-corrected chi connectivity index (χ4v) is 3.82. The van der Waals surface area contributed by atoms with E-state index in [-0.39, 0.29) is 12.5 Å². The number of carbonyl (C=O) groups excluding carboxylic acids is 3. The van der Waals surface area contributed by atoms with Crippen LogP contribution in [0.5, 0.6) is 11.5 Å². The second kappa shape index (κ2) is 15.5. The number of carbonyl (C=O) groups is 3. The number of hydrogen-bond acceptors (Lipinski definition) is 6. The molecular formula is C28H40N4O6. The van der Waals surface area contributed by atoms with E-state index in [1.54, 1.807) is 25.1 Å². The molecule has 0 bridgehead atoms. The molecule has 10 nitrogen and oxygen atoms in total. The third kappa shape index (κ3) is 9.93. The molecule has 0 radical (unpaired) electrons. The minimum atomic E-state index is -1.48. The Morgan fingerprint density at radius 3 is 2.00 bits per heavy atom. The molecule has 0 aliphatic rings. The van der Waals surface area contributed by atoms with E-state index in [2.05, 4.69) is 21.3 Å². The summed E-state index contributed by atoms with van der Waals surface area (Å²) >= 11 is 0. The molecule has 0 aliphatic carbocycles. The predicted octanol–water partition coefficient (Wildman–Crippen LogP) is 2.49. The van der Waals surface area contributed by atoms with E-state index in [9.17, 15) is 19.5 Å². The van der Waals surface area contributed by atoms with E-state index in [0.29, 0.717) is 30.9 Å². The lowest BCUT2D eigenvalue weighted by atomic mass is 10.0. The number of benzene rings is 2. The average molecular weight is 529 g/mol. The van der Waals surface area contributed by atoms with Crippen LogP contribution in [0.1, 0.15) is 44.7 Å². The van der Waals surface area contributed by atoms with Gasteiger partial charge in [-0.1, -0.05) is 51.1 Å². The van der Waals surface area contributed by atoms with Crippen molar-refractivity contribution >= 4 is 17.8 Å². The van der Waals surface area contributed by atoms with Gasteiger partial charge in [0.25, 0.3) is 5.91 Å². The molecule has 208 valence electrons. The van der Waals surface area contributed by atoms with Gasteiger partial charge in [0.1, 0.15) is 17.5 Å². The van der Waals surface area contributed by atoms with Crippen molar-refractivity contribution < 1.29 is 29.0 Å². The Kier molecular flexibility index (Phi) is 12.4. The van der Waals surface area contributed by atoms with Crippen LogP contribution in [0.3, 0.4) is 0 Å². The van der Waals surface area contributed by atoms with Gasteiger partial charge in [0.05, 0.1) is 20.3 Å². The normalized spacial score (nSPS) is 13.1. The summed E-state index contributed by atoms with van der Waals surface area (Å²) in [6.45, 7) is 6.09. The van der Waals surface area contributed by atoms with Gasteiger partial charge < -0.3 is 35.8 Å². The summed E-state index contributed by atoms with van der Waals surface area (Å²) in [7, 11) is 3.06. The smallest absolute Gasteiger partial charge is 0.315 e. The molecule has 38 heavy (non-hydrogen) atoms. The molecule has 3 atom stereocenters. The van der Waals surface area contributed by atoms with Gasteiger partial charge in [0.15, 0.2) is 6.10 Å². The first-order valence-corrected chi connectivity index (χ1v) is 12.7. The fourth-order valence-electron chi connectivity index (χ4n) is 3.82. The fraction of sp³-hybridized carbons (Fsp3) is 0.464. The zero-order chi connectivity index (χ0) is 28.1. The third-order valence-corrected chi connectivity index (χ3v) is 5.92. The number of rotatable bonds is 14. The summed E-state index contributed by atoms with van der Waals surface area (Å²) in [5, 5.41) is 21.6. The van der Waals surface area contributed by atoms with Crippen molar-refractivity contribution in [3.63, 3.8) is 0 Å². The lowest BCUT2D eigenvalue weighted by Crippen LogP contribution is -2.56. The Morgan fingerprint density at radius 2 is 1.45 bits per heavy atom. The van der Waals surface area contributed by atoms with Crippen LogP contribution in [0.4, 0.5) is 4.79 Å². The van der Waals surface area contributed by atoms with Gasteiger partial charge in [-0.3, -0.25) is 9.59 Å². The molecule has 4 amide bonds. The minimum Gasteiger partial charge on any atom is -0.497 e. The largest absolute Gasteiger partial charge is 0.497 e. The highest BCUT2D eigenvalue weighted by Gasteiger charge is 2.30. The topological polar surface area (TPSA) is 138 Å². The van der Waals surface area contributed by atoms with Crippen LogP contribution in [-0.2, 0) is 22.7 Å². The van der Waals surface area contributed by atoms with Crippen LogP contribution in [0, 0.1) is 5.92 Å². The van der Waals surface area contributed by atoms with Crippen LogP contribution in [-0.4, -0.2) is 55.4 Å². The first kappa shape index (κ1) is 30.4. The van der Waals surface area contributed by atoms with Crippen molar-refractivity contribution in [2.24, 2.45) is 5.92 Å². The predicted molar refractivity (Wildman–Crippen MR) is 145 cm³/mol. The number of aliphatic hydroxyl groups excluding tert-OH is 1. The monoisotopic (exact) mass is 528 g/mol. The van der Waals surface area contributed by atoms with Gasteiger partial charge in [0, 0.05) is 19.2 Å². The molecule has 0 aromatic heterocycles. The van der Waals surface area contributed by atoms with Gasteiger partial charge >= 0.3 is 6.03 Å². The van der Waals surface area contributed by atoms with Crippen LogP contribution >= 0.6 is 0 Å². The van der Waals surface area contributed by atoms with E-state index >= 15 is 0 Å². The van der Waals surface area contributed by atoms with Crippen molar-refractivity contribution in [2.45, 2.75) is 64.9 Å². The molecule has 0 fully saturated rings. The maximum absolute atomic E-state index is 13.1. The molecule has 2 unspecified atom stereocenters. The number of urea groups is 1. The maximum Gasteiger partial charge on any atom is 0.315 e. The lowest BCUT2D eigenvalue weighted by Gasteiger charge is -2.26. The highest BCUT2D eigenvalue weighted by molar-refractivity contribution is 5.88. The number of methoxy groups -OCH3 is 2. The minimum absolute atomic E-state index is 0.119. The average Bonchev–Trinajstić information content (AvgIpc) is 2.92. The van der Waals surface area contributed by atoms with Crippen LogP contribution < -0.4 is 30.7 Å². The van der Waals surface area contributed by atoms with Crippen LogP contribution in [0.2, 0.25) is 0 Å². The molecule has 2 rings (SSSR count). The van der Waals surface area contributed by atoms with Gasteiger partial charge in [-0.15, -0.1) is 0 Å². The SMILES string of the molecule is CCC(NC(=O)[C@H](CC(C)C)NC(=O)NCc1ccccc1)C(O)C(=O)NCc1cc(OC)cc(OC)c1. The molecule has 2 aromatic rings. The van der Waals surface area contributed by atoms with E-state index in [1.807, 2.05) is 44.2 Å². The maximum atomic E-state index is 13.1. The highest BCUT2D eigenvalue weighted by atomic mass is 16.5. The summed E-state index contributed by atoms with van der Waals surface area (Å²) in [5.74, 6) is 0.166. The van der Waals surface area contributed by atoms with Gasteiger partial charge in [-0.25, -0.2) is 4.79 Å². The van der Waals surface area contributed by atoms with Crippen molar-refractivity contribution in [1.29, 1.82) is 0 Å². The van der Waals surface area contributed by atoms with Crippen molar-refractivity contribution in [3.05, 3.63) is 59.7 Å². The van der Waals surface area contributed by atoms with E-state index in [4.69, 9.17) is 9.47 Å². The second-order valence-electron chi connectivity index (χ2n) is 9.40. The molecule has 0 aliphatic heterocycles. The Hall–Kier alpha value is -3.79. The summed E-state index contributed by atoms with van der Waals surface area (Å²) in [5.41, 5.74) is 1.65. The quantitative estimate of drug-likeness (QED) is 0.255. The van der Waals surface area contributed by atoms with Gasteiger partial charge in [-0.2, -0.15) is 0 Å². The summed E-state index contributed by atoms with van der Waals surface area (Å²) in [6.07, 6.45) is -0.786. The van der Waals surface area contributed by atoms with E-state index in [1.165, 1.54) is 14.2 Å². The Labute approximate surface area is 224 Å². The van der Waals surface area contributed by atoms with Crippen molar-refractivity contribution in [2.75, 3.05) is 14.2 Å². The summed E-state index contributed by atoms with van der Waals surface area (Å²) < 4.78 is 10.5. The highest BCUT2D eigenvalue weighted by Crippen LogP contribution is 2.22. The second-order valence-corrected chi connectivity index (χ2v) is 9.40. The lowest BCUT2D eigenvalue weighted by molar-refractivity contribution is -0.132. The number of nitrogens with one attached hydrogen (secondary N) is 4. The summed E-state index contributed by atoms with van der Waals surface area (Å²) in [4.78, 5) is 38.3. The molecular weight excluding hydrogens is 488 g/mol. The first-order chi connectivity index (χ1) is 18.2. The van der Waals surface area contributed by atoms with Crippen molar-refractivity contribution in [1.82, 2.24) is 21.3 Å². The molecule has 5 N–H and O–H groups in total. The summed E-state index contributed by atoms with van der Waals surface area (Å²) in [6, 6.07) is 12.5. The molecule has 0 saturated heterocycles. The van der Waals surface area contributed by atoms with Gasteiger partial charge in [0.2, 0.25) is 5.91 Å². The molecule has 0 heterocycles. The number of aliphatic hydroxyl groups is 1. The third-order valence-electron chi connectivity index (χ3n) is 5.92. The van der Waals surface area contributed by atoms with Crippen molar-refractivity contribution in [3.8, 4) is 11.5 Å². The zero-order valence-electron chi connectivity index (χ0n) is 22.7. The molecule has 0 saturated carbocycles. The Balaban J connectivity index is 1.97. The Morgan fingerprint density at radius 1 is 0.842 bits per heavy atom. The number of hydrogen-bond donors (Lipinski definition) is 5. The van der Waals surface area contributed by atoms with Crippen LogP contribution in [0.25, 0.3) is 0 Å².